The molecule has 0 spiro atoms. The summed E-state index contributed by atoms with van der Waals surface area (Å²) in [4.78, 5) is 6.64. The molecule has 0 aliphatic carbocycles. The number of pyridine rings is 1. The van der Waals surface area contributed by atoms with Gasteiger partial charge in [0.1, 0.15) is 27.4 Å². The molecule has 2 aliphatic rings. The number of allylic oxidation sites excluding steroid dienone is 2. The van der Waals surface area contributed by atoms with Crippen LogP contribution in [-0.4, -0.2) is 62.8 Å². The van der Waals surface area contributed by atoms with Gasteiger partial charge in [0.05, 0.1) is 48.8 Å². The molecule has 0 unspecified atom stereocenters. The van der Waals surface area contributed by atoms with E-state index < -0.39 is 31.7 Å². The van der Waals surface area contributed by atoms with E-state index in [4.69, 9.17) is 4.74 Å². The topological polar surface area (TPSA) is 158 Å². The lowest BCUT2D eigenvalue weighted by molar-refractivity contribution is -0.669. The molecule has 0 saturated carbocycles. The first kappa shape index (κ1) is 51.0. The van der Waals surface area contributed by atoms with Crippen molar-refractivity contribution >= 4 is 143 Å². The Balaban J connectivity index is 0.000000203. The minimum Gasteiger partial charge on any atom is -0.748 e. The summed E-state index contributed by atoms with van der Waals surface area (Å²) in [5.41, 5.74) is 7.80. The van der Waals surface area contributed by atoms with Gasteiger partial charge in [0.25, 0.3) is 5.01 Å². The zero-order valence-corrected chi connectivity index (χ0v) is 45.4. The van der Waals surface area contributed by atoms with Gasteiger partial charge in [-0.2, -0.15) is 9.13 Å². The highest BCUT2D eigenvalue weighted by molar-refractivity contribution is 8.04. The molecule has 0 saturated heterocycles. The average molecular weight is 1090 g/mol. The third-order valence-corrected chi connectivity index (χ3v) is 19.1. The van der Waals surface area contributed by atoms with Gasteiger partial charge in [0.15, 0.2) is 6.54 Å². The van der Waals surface area contributed by atoms with E-state index in [9.17, 15) is 31.0 Å². The van der Waals surface area contributed by atoms with Crippen molar-refractivity contribution < 1.29 is 44.9 Å². The second-order valence-corrected chi connectivity index (χ2v) is 25.1. The molecule has 370 valence electrons. The van der Waals surface area contributed by atoms with Crippen LogP contribution in [0.15, 0.2) is 121 Å². The smallest absolute Gasteiger partial charge is 0.263 e. The fraction of sp³-hybridized carbons (Fsp3) is 0.269. The molecule has 0 bridgehead atoms. The lowest BCUT2D eigenvalue weighted by Crippen LogP contribution is -2.37. The van der Waals surface area contributed by atoms with Crippen molar-refractivity contribution in [2.24, 2.45) is 0 Å². The van der Waals surface area contributed by atoms with E-state index >= 15 is 0 Å². The Kier molecular flexibility index (Phi) is 15.3. The molecular weight excluding hydrogens is 1030 g/mol. The molecule has 4 aromatic carbocycles. The van der Waals surface area contributed by atoms with Crippen LogP contribution in [0.3, 0.4) is 0 Å². The number of nitrogens with zero attached hydrogens (tertiary/aromatic N) is 4. The first-order valence-corrected chi connectivity index (χ1v) is 30.5. The van der Waals surface area contributed by atoms with E-state index in [2.05, 4.69) is 113 Å². The number of aromatic hydroxyl groups is 1. The maximum atomic E-state index is 11.4. The molecule has 0 fully saturated rings. The number of phenolic OH excluding ortho intramolecular Hbond substituents is 1. The number of fused-ring (bicyclic) bond motifs is 8. The van der Waals surface area contributed by atoms with Crippen molar-refractivity contribution in [1.29, 1.82) is 0 Å². The Bertz CT molecular complexity index is 3670. The minimum atomic E-state index is -4.36. The quantitative estimate of drug-likeness (QED) is 0.0766. The zero-order chi connectivity index (χ0) is 50.2. The monoisotopic (exact) mass is 1080 g/mol. The number of rotatable bonds is 15. The lowest BCUT2D eigenvalue weighted by Gasteiger charge is -2.21. The number of aryl methyl sites for hydroxylation is 3. The molecular formula is C52H52N4O8S7. The molecule has 19 heteroatoms. The molecule has 0 radical (unpaired) electrons. The summed E-state index contributed by atoms with van der Waals surface area (Å²) in [6.07, 6.45) is 7.54. The van der Waals surface area contributed by atoms with Crippen LogP contribution in [0.4, 0.5) is 11.4 Å². The third-order valence-electron chi connectivity index (χ3n) is 12.4. The first-order valence-electron chi connectivity index (χ1n) is 23.1. The normalized spacial score (nSPS) is 15.2. The Labute approximate surface area is 434 Å². The summed E-state index contributed by atoms with van der Waals surface area (Å²) in [5, 5.41) is 20.3. The summed E-state index contributed by atoms with van der Waals surface area (Å²) >= 11 is 8.22. The third kappa shape index (κ3) is 11.0. The van der Waals surface area contributed by atoms with Crippen molar-refractivity contribution in [3.05, 3.63) is 128 Å². The summed E-state index contributed by atoms with van der Waals surface area (Å²) in [5.74, 6) is 0.191. The average Bonchev–Trinajstić information content (AvgIpc) is 4.18. The Morgan fingerprint density at radius 2 is 1.56 bits per heavy atom. The predicted octanol–water partition coefficient (Wildman–Crippen LogP) is 11.8. The van der Waals surface area contributed by atoms with Gasteiger partial charge in [-0.1, -0.05) is 53.4 Å². The number of benzene rings is 4. The minimum absolute atomic E-state index is 0.183. The number of hydrogen-bond donors (Lipinski definition) is 1. The van der Waals surface area contributed by atoms with Crippen LogP contribution < -0.4 is 23.7 Å². The molecule has 2 aliphatic heterocycles. The van der Waals surface area contributed by atoms with Crippen LogP contribution in [0, 0.1) is 6.92 Å². The number of thioether (sulfide) groups is 2. The molecule has 1 N–H and O–H groups in total. The standard InChI is InChI=1S/C30H30N2O7S6.C22H22N2OS/c1-3-19(16-26-31(10-4-14-44(33,34)35)22-6-7-24-21(9-12-40-24)29(22)43-26)17-27-32(11-5-15-45(36,37)38)28-25(42-27)18-23(39-2)20-8-13-41-30(20)28;1-4-23-17(8-7-16-12-15(3)6-10-19(16)23)13-22-24(5-2)20-14-18(25)9-11-21(20)26-22/h6-9,12-13,16-18H,3-5,10-11,14-15H2,1-2H3,(H-,33,34,35,36,37,38);6-14H,4-5H2,1-3H3. The summed E-state index contributed by atoms with van der Waals surface area (Å²) in [6, 6.07) is 26.8. The molecule has 0 atom stereocenters. The van der Waals surface area contributed by atoms with Crippen molar-refractivity contribution in [3.63, 3.8) is 0 Å². The van der Waals surface area contributed by atoms with Gasteiger partial charge < -0.3 is 28.7 Å². The second kappa shape index (κ2) is 21.2. The van der Waals surface area contributed by atoms with E-state index in [1.807, 2.05) is 35.7 Å². The molecule has 71 heavy (non-hydrogen) atoms. The summed E-state index contributed by atoms with van der Waals surface area (Å²) < 4.78 is 81.8. The molecule has 10 rings (SSSR count). The van der Waals surface area contributed by atoms with E-state index in [0.717, 1.165) is 81.1 Å². The molecule has 12 nitrogen and oxygen atoms in total. The Hall–Kier alpha value is -4.96. The number of ether oxygens (including phenoxy) is 1. The highest BCUT2D eigenvalue weighted by Crippen LogP contribution is 2.51. The number of thiazole rings is 1. The van der Waals surface area contributed by atoms with E-state index in [1.165, 1.54) is 32.1 Å². The highest BCUT2D eigenvalue weighted by Gasteiger charge is 2.30. The molecule has 4 aromatic heterocycles. The van der Waals surface area contributed by atoms with Crippen molar-refractivity contribution in [1.82, 2.24) is 0 Å². The Morgan fingerprint density at radius 3 is 2.31 bits per heavy atom. The fourth-order valence-electron chi connectivity index (χ4n) is 9.06. The maximum absolute atomic E-state index is 11.4. The maximum Gasteiger partial charge on any atom is 0.263 e. The largest absolute Gasteiger partial charge is 0.748 e. The lowest BCUT2D eigenvalue weighted by atomic mass is 10.1. The summed E-state index contributed by atoms with van der Waals surface area (Å²) in [6.45, 7) is 11.0. The number of hydrogen-bond acceptors (Lipinski definition) is 15. The number of methoxy groups -OCH3 is 1. The van der Waals surface area contributed by atoms with E-state index in [1.54, 1.807) is 70.7 Å². The van der Waals surface area contributed by atoms with Crippen LogP contribution in [0.25, 0.3) is 53.4 Å². The van der Waals surface area contributed by atoms with Crippen LogP contribution in [0.2, 0.25) is 0 Å². The van der Waals surface area contributed by atoms with Crippen LogP contribution in [0.5, 0.6) is 11.5 Å². The predicted molar refractivity (Wildman–Crippen MR) is 293 cm³/mol. The number of thiophene rings is 2. The van der Waals surface area contributed by atoms with Crippen molar-refractivity contribution in [2.45, 2.75) is 69.8 Å². The number of aromatic nitrogens is 2. The van der Waals surface area contributed by atoms with Gasteiger partial charge in [-0.05, 0) is 105 Å². The molecule has 8 aromatic rings. The van der Waals surface area contributed by atoms with E-state index in [0.29, 0.717) is 25.3 Å². The fourth-order valence-corrected chi connectivity index (χ4v) is 15.6. The molecule has 0 amide bonds. The van der Waals surface area contributed by atoms with Gasteiger partial charge in [-0.3, -0.25) is 0 Å². The Morgan fingerprint density at radius 1 is 0.789 bits per heavy atom. The van der Waals surface area contributed by atoms with Gasteiger partial charge in [-0.15, -0.1) is 22.7 Å². The second-order valence-electron chi connectivity index (χ2n) is 17.0. The number of phenols is 1. The zero-order valence-electron chi connectivity index (χ0n) is 39.7. The SMILES string of the molecule is CCC(/C=C1\Sc2c(ccc3sccc23)N1CCCS(=O)(=O)[O-])=C\c1sc2cc(OC)c3ccsc3c2[n+]1CCCS(=O)(=O)[O-].CCN1/C(=C\c2ccc3cc(C)ccc3[n+]2CC)Sc2ccc(O)cc21. The van der Waals surface area contributed by atoms with Gasteiger partial charge in [0.2, 0.25) is 16.7 Å². The van der Waals surface area contributed by atoms with Gasteiger partial charge in [-0.25, -0.2) is 16.8 Å². The van der Waals surface area contributed by atoms with Crippen molar-refractivity contribution in [3.8, 4) is 11.5 Å². The molecule has 6 heterocycles. The van der Waals surface area contributed by atoms with E-state index in [-0.39, 0.29) is 12.8 Å². The van der Waals surface area contributed by atoms with Crippen molar-refractivity contribution in [2.75, 3.05) is 41.5 Å². The summed E-state index contributed by atoms with van der Waals surface area (Å²) in [7, 11) is -7.05. The van der Waals surface area contributed by atoms with Crippen LogP contribution in [0.1, 0.15) is 56.3 Å². The van der Waals surface area contributed by atoms with Crippen LogP contribution >= 0.6 is 57.5 Å². The van der Waals surface area contributed by atoms with Gasteiger partial charge in [0, 0.05) is 98.1 Å². The van der Waals surface area contributed by atoms with Crippen LogP contribution in [-0.2, 0) is 33.3 Å². The van der Waals surface area contributed by atoms with Gasteiger partial charge >= 0.3 is 0 Å². The number of anilines is 2. The highest BCUT2D eigenvalue weighted by atomic mass is 32.2. The first-order chi connectivity index (χ1) is 34.1.